The lowest BCUT2D eigenvalue weighted by Gasteiger charge is -2.15. The van der Waals surface area contributed by atoms with Gasteiger partial charge in [-0.2, -0.15) is 0 Å². The Balaban J connectivity index is 2.53. The van der Waals surface area contributed by atoms with Crippen LogP contribution in [0.3, 0.4) is 0 Å². The van der Waals surface area contributed by atoms with Gasteiger partial charge >= 0.3 is 5.97 Å². The van der Waals surface area contributed by atoms with Gasteiger partial charge in [-0.25, -0.2) is 4.79 Å². The van der Waals surface area contributed by atoms with Crippen molar-refractivity contribution < 1.29 is 14.3 Å². The molecule has 0 saturated heterocycles. The SMILES string of the molecule is CCCC(C)OC(=O)/C=C/C(=O)N(C)c1ccccc1. The summed E-state index contributed by atoms with van der Waals surface area (Å²) in [7, 11) is 1.66. The third-order valence-electron chi connectivity index (χ3n) is 2.85. The molecule has 0 heterocycles. The first-order valence-electron chi connectivity index (χ1n) is 6.76. The van der Waals surface area contributed by atoms with Crippen LogP contribution >= 0.6 is 0 Å². The largest absolute Gasteiger partial charge is 0.460 e. The number of hydrogen-bond donors (Lipinski definition) is 0. The van der Waals surface area contributed by atoms with Crippen LogP contribution in [0.4, 0.5) is 5.69 Å². The van der Waals surface area contributed by atoms with Crippen LogP contribution in [-0.2, 0) is 14.3 Å². The first-order chi connectivity index (χ1) is 9.54. The number of para-hydroxylation sites is 1. The number of likely N-dealkylation sites (N-methyl/N-ethyl adjacent to an activating group) is 1. The molecule has 4 heteroatoms. The summed E-state index contributed by atoms with van der Waals surface area (Å²) in [4.78, 5) is 24.9. The number of esters is 1. The molecule has 0 radical (unpaired) electrons. The van der Waals surface area contributed by atoms with E-state index < -0.39 is 5.97 Å². The fourth-order valence-electron chi connectivity index (χ4n) is 1.73. The predicted octanol–water partition coefficient (Wildman–Crippen LogP) is 2.94. The summed E-state index contributed by atoms with van der Waals surface area (Å²) >= 11 is 0. The molecule has 1 atom stereocenters. The molecule has 0 aromatic heterocycles. The third-order valence-corrected chi connectivity index (χ3v) is 2.85. The van der Waals surface area contributed by atoms with E-state index >= 15 is 0 Å². The van der Waals surface area contributed by atoms with Crippen LogP contribution in [0.25, 0.3) is 0 Å². The molecule has 1 rings (SSSR count). The van der Waals surface area contributed by atoms with Crippen molar-refractivity contribution >= 4 is 17.6 Å². The number of rotatable bonds is 6. The van der Waals surface area contributed by atoms with Gasteiger partial charge in [0, 0.05) is 24.9 Å². The summed E-state index contributed by atoms with van der Waals surface area (Å²) in [6.45, 7) is 3.87. The van der Waals surface area contributed by atoms with E-state index in [4.69, 9.17) is 4.74 Å². The van der Waals surface area contributed by atoms with Crippen LogP contribution in [0.5, 0.6) is 0 Å². The third kappa shape index (κ3) is 5.26. The van der Waals surface area contributed by atoms with Crippen molar-refractivity contribution in [2.45, 2.75) is 32.8 Å². The molecule has 1 unspecified atom stereocenters. The van der Waals surface area contributed by atoms with Gasteiger partial charge < -0.3 is 9.64 Å². The molecule has 1 amide bonds. The number of amides is 1. The highest BCUT2D eigenvalue weighted by atomic mass is 16.5. The van der Waals surface area contributed by atoms with Crippen molar-refractivity contribution in [2.75, 3.05) is 11.9 Å². The second-order valence-corrected chi connectivity index (χ2v) is 4.60. The molecule has 0 spiro atoms. The Labute approximate surface area is 120 Å². The van der Waals surface area contributed by atoms with Crippen LogP contribution in [0.1, 0.15) is 26.7 Å². The van der Waals surface area contributed by atoms with E-state index in [0.29, 0.717) is 0 Å². The second-order valence-electron chi connectivity index (χ2n) is 4.60. The van der Waals surface area contributed by atoms with Crippen LogP contribution in [0.15, 0.2) is 42.5 Å². The van der Waals surface area contributed by atoms with Crippen molar-refractivity contribution in [3.05, 3.63) is 42.5 Å². The van der Waals surface area contributed by atoms with Crippen molar-refractivity contribution in [3.8, 4) is 0 Å². The smallest absolute Gasteiger partial charge is 0.331 e. The molecular weight excluding hydrogens is 254 g/mol. The van der Waals surface area contributed by atoms with Crippen molar-refractivity contribution in [1.29, 1.82) is 0 Å². The van der Waals surface area contributed by atoms with E-state index in [9.17, 15) is 9.59 Å². The summed E-state index contributed by atoms with van der Waals surface area (Å²) in [6.07, 6.45) is 4.05. The number of hydrogen-bond acceptors (Lipinski definition) is 3. The second kappa shape index (κ2) is 8.15. The Kier molecular flexibility index (Phi) is 6.50. The highest BCUT2D eigenvalue weighted by Gasteiger charge is 2.09. The lowest BCUT2D eigenvalue weighted by molar-refractivity contribution is -0.142. The van der Waals surface area contributed by atoms with Gasteiger partial charge in [0.05, 0.1) is 6.10 Å². The average Bonchev–Trinajstić information content (AvgIpc) is 2.45. The molecule has 0 bridgehead atoms. The normalized spacial score (nSPS) is 12.2. The van der Waals surface area contributed by atoms with Gasteiger partial charge in [-0.1, -0.05) is 31.5 Å². The monoisotopic (exact) mass is 275 g/mol. The van der Waals surface area contributed by atoms with Crippen molar-refractivity contribution in [3.63, 3.8) is 0 Å². The fourth-order valence-corrected chi connectivity index (χ4v) is 1.73. The number of nitrogens with zero attached hydrogens (tertiary/aromatic N) is 1. The average molecular weight is 275 g/mol. The van der Waals surface area contributed by atoms with Crippen molar-refractivity contribution in [1.82, 2.24) is 0 Å². The number of carbonyl (C=O) groups excluding carboxylic acids is 2. The zero-order valence-corrected chi connectivity index (χ0v) is 12.2. The molecule has 0 aliphatic heterocycles. The Hall–Kier alpha value is -2.10. The van der Waals surface area contributed by atoms with Crippen molar-refractivity contribution in [2.24, 2.45) is 0 Å². The molecule has 1 aromatic rings. The minimum absolute atomic E-state index is 0.126. The number of ether oxygens (including phenoxy) is 1. The molecule has 0 saturated carbocycles. The summed E-state index contributed by atoms with van der Waals surface area (Å²) in [5, 5.41) is 0. The van der Waals surface area contributed by atoms with Gasteiger partial charge in [0.15, 0.2) is 0 Å². The van der Waals surface area contributed by atoms with E-state index in [1.807, 2.05) is 44.2 Å². The molecule has 0 aliphatic rings. The van der Waals surface area contributed by atoms with Crippen LogP contribution in [0, 0.1) is 0 Å². The summed E-state index contributed by atoms with van der Waals surface area (Å²) in [5.74, 6) is -0.753. The Bertz CT molecular complexity index is 468. The van der Waals surface area contributed by atoms with Crippen LogP contribution in [-0.4, -0.2) is 25.0 Å². The molecule has 0 fully saturated rings. The van der Waals surface area contributed by atoms with E-state index in [2.05, 4.69) is 0 Å². The standard InChI is InChI=1S/C16H21NO3/c1-4-8-13(2)20-16(19)12-11-15(18)17(3)14-9-6-5-7-10-14/h5-7,9-13H,4,8H2,1-3H3/b12-11+. The minimum atomic E-state index is -0.485. The van der Waals surface area contributed by atoms with E-state index in [-0.39, 0.29) is 12.0 Å². The van der Waals surface area contributed by atoms with Crippen LogP contribution in [0.2, 0.25) is 0 Å². The predicted molar refractivity (Wildman–Crippen MR) is 79.5 cm³/mol. The molecule has 108 valence electrons. The quantitative estimate of drug-likeness (QED) is 0.592. The van der Waals surface area contributed by atoms with Gasteiger partial charge in [-0.15, -0.1) is 0 Å². The zero-order chi connectivity index (χ0) is 15.0. The van der Waals surface area contributed by atoms with E-state index in [0.717, 1.165) is 18.5 Å². The first kappa shape index (κ1) is 16.0. The van der Waals surface area contributed by atoms with Gasteiger partial charge in [0.1, 0.15) is 0 Å². The van der Waals surface area contributed by atoms with E-state index in [1.165, 1.54) is 17.1 Å². The highest BCUT2D eigenvalue weighted by molar-refractivity contribution is 6.03. The van der Waals surface area contributed by atoms with E-state index in [1.54, 1.807) is 7.05 Å². The summed E-state index contributed by atoms with van der Waals surface area (Å²) < 4.78 is 5.13. The lowest BCUT2D eigenvalue weighted by atomic mass is 10.2. The van der Waals surface area contributed by atoms with Gasteiger partial charge in [0.25, 0.3) is 5.91 Å². The fraction of sp³-hybridized carbons (Fsp3) is 0.375. The molecule has 1 aromatic carbocycles. The van der Waals surface area contributed by atoms with Crippen LogP contribution < -0.4 is 4.90 Å². The Morgan fingerprint density at radius 3 is 2.50 bits per heavy atom. The Morgan fingerprint density at radius 1 is 1.25 bits per heavy atom. The summed E-state index contributed by atoms with van der Waals surface area (Å²) in [5.41, 5.74) is 0.773. The topological polar surface area (TPSA) is 46.6 Å². The summed E-state index contributed by atoms with van der Waals surface area (Å²) in [6, 6.07) is 9.23. The maximum atomic E-state index is 11.9. The molecule has 20 heavy (non-hydrogen) atoms. The molecular formula is C16H21NO3. The molecule has 0 N–H and O–H groups in total. The zero-order valence-electron chi connectivity index (χ0n) is 12.2. The number of carbonyl (C=O) groups is 2. The maximum Gasteiger partial charge on any atom is 0.331 e. The van der Waals surface area contributed by atoms with Gasteiger partial charge in [-0.05, 0) is 25.5 Å². The Morgan fingerprint density at radius 2 is 1.90 bits per heavy atom. The highest BCUT2D eigenvalue weighted by Crippen LogP contribution is 2.11. The van der Waals surface area contributed by atoms with Gasteiger partial charge in [0.2, 0.25) is 0 Å². The number of benzene rings is 1. The van der Waals surface area contributed by atoms with Gasteiger partial charge in [-0.3, -0.25) is 4.79 Å². The molecule has 0 aliphatic carbocycles. The molecule has 4 nitrogen and oxygen atoms in total. The minimum Gasteiger partial charge on any atom is -0.460 e. The first-order valence-corrected chi connectivity index (χ1v) is 6.76. The number of anilines is 1. The lowest BCUT2D eigenvalue weighted by Crippen LogP contribution is -2.24. The maximum absolute atomic E-state index is 11.9.